The van der Waals surface area contributed by atoms with Crippen molar-refractivity contribution in [2.45, 2.75) is 6.92 Å². The minimum Gasteiger partial charge on any atom is -0.494 e. The molecule has 0 radical (unpaired) electrons. The fourth-order valence-electron chi connectivity index (χ4n) is 2.24. The third-order valence-electron chi connectivity index (χ3n) is 3.54. The van der Waals surface area contributed by atoms with Gasteiger partial charge in [-0.2, -0.15) is 0 Å². The lowest BCUT2D eigenvalue weighted by Gasteiger charge is -2.08. The monoisotopic (exact) mass is 370 g/mol. The summed E-state index contributed by atoms with van der Waals surface area (Å²) < 4.78 is 32.6. The average molecular weight is 370 g/mol. The number of aromatic nitrogens is 2. The molecule has 0 saturated carbocycles. The highest BCUT2D eigenvalue weighted by Crippen LogP contribution is 2.21. The number of halogens is 2. The quantitative estimate of drug-likeness (QED) is 0.682. The largest absolute Gasteiger partial charge is 0.494 e. The van der Waals surface area contributed by atoms with E-state index in [1.54, 1.807) is 24.3 Å². The number of ether oxygens (including phenoxy) is 1. The normalized spacial score (nSPS) is 10.3. The van der Waals surface area contributed by atoms with Crippen LogP contribution in [0.3, 0.4) is 0 Å². The molecule has 0 aliphatic heterocycles. The standard InChI is InChI=1S/C19H16F2N4O2/c1-2-27-14-8-6-13(7-9-14)24-18(26)12-10-22-19(23-11-12)25-17-15(20)4-3-5-16(17)21/h3-11H,2H2,1H3,(H,24,26)(H,22,23,25). The Morgan fingerprint density at radius 2 is 1.67 bits per heavy atom. The van der Waals surface area contributed by atoms with Crippen LogP contribution in [0.15, 0.2) is 54.9 Å². The molecule has 1 amide bonds. The zero-order valence-electron chi connectivity index (χ0n) is 14.4. The van der Waals surface area contributed by atoms with E-state index in [0.717, 1.165) is 12.1 Å². The number of anilines is 3. The molecular weight excluding hydrogens is 354 g/mol. The predicted molar refractivity (Wildman–Crippen MR) is 97.2 cm³/mol. The predicted octanol–water partition coefficient (Wildman–Crippen LogP) is 4.15. The zero-order chi connectivity index (χ0) is 19.2. The first-order chi connectivity index (χ1) is 13.1. The van der Waals surface area contributed by atoms with Gasteiger partial charge >= 0.3 is 0 Å². The van der Waals surface area contributed by atoms with Gasteiger partial charge in [-0.25, -0.2) is 18.7 Å². The van der Waals surface area contributed by atoms with Crippen LogP contribution in [0.2, 0.25) is 0 Å². The molecule has 0 atom stereocenters. The van der Waals surface area contributed by atoms with Gasteiger partial charge in [0.1, 0.15) is 23.1 Å². The van der Waals surface area contributed by atoms with E-state index in [9.17, 15) is 13.6 Å². The second-order valence-electron chi connectivity index (χ2n) is 5.43. The van der Waals surface area contributed by atoms with Gasteiger partial charge in [0.25, 0.3) is 5.91 Å². The molecule has 2 N–H and O–H groups in total. The van der Waals surface area contributed by atoms with Gasteiger partial charge in [0.2, 0.25) is 5.95 Å². The van der Waals surface area contributed by atoms with E-state index in [4.69, 9.17) is 4.74 Å². The minimum absolute atomic E-state index is 0.0309. The van der Waals surface area contributed by atoms with Crippen molar-refractivity contribution in [1.29, 1.82) is 0 Å². The van der Waals surface area contributed by atoms with Crippen molar-refractivity contribution in [3.05, 3.63) is 72.1 Å². The molecule has 2 aromatic carbocycles. The molecule has 0 aliphatic carbocycles. The summed E-state index contributed by atoms with van der Waals surface area (Å²) in [6.07, 6.45) is 2.52. The summed E-state index contributed by atoms with van der Waals surface area (Å²) in [7, 11) is 0. The number of carbonyl (C=O) groups excluding carboxylic acids is 1. The van der Waals surface area contributed by atoms with Crippen LogP contribution in [-0.2, 0) is 0 Å². The van der Waals surface area contributed by atoms with Crippen LogP contribution in [0.25, 0.3) is 0 Å². The summed E-state index contributed by atoms with van der Waals surface area (Å²) in [6.45, 7) is 2.44. The van der Waals surface area contributed by atoms with Crippen LogP contribution in [0.1, 0.15) is 17.3 Å². The maximum Gasteiger partial charge on any atom is 0.258 e. The number of hydrogen-bond donors (Lipinski definition) is 2. The van der Waals surface area contributed by atoms with Gasteiger partial charge in [0.15, 0.2) is 0 Å². The molecule has 138 valence electrons. The molecule has 3 rings (SSSR count). The van der Waals surface area contributed by atoms with Gasteiger partial charge in [-0.1, -0.05) is 6.07 Å². The molecular formula is C19H16F2N4O2. The van der Waals surface area contributed by atoms with E-state index in [1.165, 1.54) is 18.5 Å². The summed E-state index contributed by atoms with van der Waals surface area (Å²) >= 11 is 0. The average Bonchev–Trinajstić information content (AvgIpc) is 2.67. The molecule has 27 heavy (non-hydrogen) atoms. The van der Waals surface area contributed by atoms with Gasteiger partial charge in [-0.3, -0.25) is 4.79 Å². The molecule has 1 heterocycles. The third kappa shape index (κ3) is 4.55. The number of nitrogens with zero attached hydrogens (tertiary/aromatic N) is 2. The van der Waals surface area contributed by atoms with Crippen molar-refractivity contribution in [1.82, 2.24) is 9.97 Å². The van der Waals surface area contributed by atoms with Crippen molar-refractivity contribution >= 4 is 23.2 Å². The van der Waals surface area contributed by atoms with Crippen LogP contribution >= 0.6 is 0 Å². The molecule has 8 heteroatoms. The summed E-state index contributed by atoms with van der Waals surface area (Å²) in [6, 6.07) is 10.4. The molecule has 0 saturated heterocycles. The van der Waals surface area contributed by atoms with E-state index in [2.05, 4.69) is 20.6 Å². The lowest BCUT2D eigenvalue weighted by Crippen LogP contribution is -2.13. The molecule has 1 aromatic heterocycles. The highest BCUT2D eigenvalue weighted by atomic mass is 19.1. The fraction of sp³-hybridized carbons (Fsp3) is 0.105. The molecule has 0 fully saturated rings. The Bertz CT molecular complexity index is 911. The van der Waals surface area contributed by atoms with Crippen molar-refractivity contribution in [3.63, 3.8) is 0 Å². The lowest BCUT2D eigenvalue weighted by atomic mass is 10.2. The topological polar surface area (TPSA) is 76.1 Å². The van der Waals surface area contributed by atoms with E-state index < -0.39 is 17.5 Å². The first-order valence-electron chi connectivity index (χ1n) is 8.14. The van der Waals surface area contributed by atoms with E-state index in [-0.39, 0.29) is 17.2 Å². The number of hydrogen-bond acceptors (Lipinski definition) is 5. The van der Waals surface area contributed by atoms with E-state index in [0.29, 0.717) is 18.0 Å². The number of nitrogens with one attached hydrogen (secondary N) is 2. The van der Waals surface area contributed by atoms with Crippen LogP contribution in [0.4, 0.5) is 26.1 Å². The second kappa shape index (κ2) is 8.22. The Hall–Kier alpha value is -3.55. The van der Waals surface area contributed by atoms with Crippen LogP contribution in [-0.4, -0.2) is 22.5 Å². The number of rotatable bonds is 6. The Kier molecular flexibility index (Phi) is 5.55. The number of amides is 1. The van der Waals surface area contributed by atoms with Gasteiger partial charge in [-0.15, -0.1) is 0 Å². The maximum atomic E-state index is 13.6. The van der Waals surface area contributed by atoms with Gasteiger partial charge < -0.3 is 15.4 Å². The number of benzene rings is 2. The maximum absolute atomic E-state index is 13.6. The van der Waals surface area contributed by atoms with Crippen LogP contribution in [0, 0.1) is 11.6 Å². The van der Waals surface area contributed by atoms with E-state index >= 15 is 0 Å². The fourth-order valence-corrected chi connectivity index (χ4v) is 2.24. The van der Waals surface area contributed by atoms with Crippen molar-refractivity contribution in [2.75, 3.05) is 17.2 Å². The highest BCUT2D eigenvalue weighted by Gasteiger charge is 2.11. The third-order valence-corrected chi connectivity index (χ3v) is 3.54. The molecule has 0 bridgehead atoms. The SMILES string of the molecule is CCOc1ccc(NC(=O)c2cnc(Nc3c(F)cccc3F)nc2)cc1. The molecule has 0 spiro atoms. The first-order valence-corrected chi connectivity index (χ1v) is 8.14. The van der Waals surface area contributed by atoms with Crippen molar-refractivity contribution in [3.8, 4) is 5.75 Å². The number of para-hydroxylation sites is 1. The lowest BCUT2D eigenvalue weighted by molar-refractivity contribution is 0.102. The summed E-state index contributed by atoms with van der Waals surface area (Å²) in [5, 5.41) is 5.16. The molecule has 0 aliphatic rings. The first kappa shape index (κ1) is 18.2. The molecule has 0 unspecified atom stereocenters. The van der Waals surface area contributed by atoms with E-state index in [1.807, 2.05) is 6.92 Å². The summed E-state index contributed by atoms with van der Waals surface area (Å²) in [5.41, 5.74) is 0.423. The Balaban J connectivity index is 1.66. The van der Waals surface area contributed by atoms with Crippen LogP contribution < -0.4 is 15.4 Å². The Morgan fingerprint density at radius 3 is 2.26 bits per heavy atom. The Labute approximate surface area is 154 Å². The van der Waals surface area contributed by atoms with Crippen molar-refractivity contribution in [2.24, 2.45) is 0 Å². The van der Waals surface area contributed by atoms with Crippen molar-refractivity contribution < 1.29 is 18.3 Å². The van der Waals surface area contributed by atoms with Crippen LogP contribution in [0.5, 0.6) is 5.75 Å². The van der Waals surface area contributed by atoms with Gasteiger partial charge in [-0.05, 0) is 43.3 Å². The summed E-state index contributed by atoms with van der Waals surface area (Å²) in [4.78, 5) is 20.1. The Morgan fingerprint density at radius 1 is 1.04 bits per heavy atom. The molecule has 6 nitrogen and oxygen atoms in total. The molecule has 3 aromatic rings. The highest BCUT2D eigenvalue weighted by molar-refractivity contribution is 6.03. The van der Waals surface area contributed by atoms with Gasteiger partial charge in [0, 0.05) is 18.1 Å². The zero-order valence-corrected chi connectivity index (χ0v) is 14.4. The second-order valence-corrected chi connectivity index (χ2v) is 5.43. The van der Waals surface area contributed by atoms with Gasteiger partial charge in [0.05, 0.1) is 12.2 Å². The summed E-state index contributed by atoms with van der Waals surface area (Å²) in [5.74, 6) is -1.28. The number of carbonyl (C=O) groups is 1. The minimum atomic E-state index is -0.768. The smallest absolute Gasteiger partial charge is 0.258 e.